The summed E-state index contributed by atoms with van der Waals surface area (Å²) in [6.07, 6.45) is 0.835. The fourth-order valence-corrected chi connectivity index (χ4v) is 1.77. The van der Waals surface area contributed by atoms with E-state index in [4.69, 9.17) is 16.5 Å². The zero-order valence-corrected chi connectivity index (χ0v) is 8.27. The highest BCUT2D eigenvalue weighted by Gasteiger charge is 2.16. The molecule has 4 heteroatoms. The van der Waals surface area contributed by atoms with Gasteiger partial charge in [-0.1, -0.05) is 24.6 Å². The first-order chi connectivity index (χ1) is 5.65. The van der Waals surface area contributed by atoms with Gasteiger partial charge in [0.2, 0.25) is 5.30 Å². The van der Waals surface area contributed by atoms with E-state index in [0.717, 1.165) is 12.0 Å². The third-order valence-electron chi connectivity index (χ3n) is 1.64. The molecule has 0 aliphatic carbocycles. The summed E-state index contributed by atoms with van der Waals surface area (Å²) in [5.41, 5.74) is 0.997. The van der Waals surface area contributed by atoms with Crippen molar-refractivity contribution in [3.05, 3.63) is 28.8 Å². The van der Waals surface area contributed by atoms with Gasteiger partial charge in [-0.05, 0) is 22.6 Å². The average Bonchev–Trinajstić information content (AvgIpc) is 2.04. The molecular formula is C8H9ClO2P+. The number of hydrogen-bond acceptors (Lipinski definition) is 1. The molecule has 0 spiro atoms. The van der Waals surface area contributed by atoms with Crippen LogP contribution in [0.15, 0.2) is 18.2 Å². The van der Waals surface area contributed by atoms with E-state index in [-0.39, 0.29) is 0 Å². The molecule has 0 fully saturated rings. The summed E-state index contributed by atoms with van der Waals surface area (Å²) in [7, 11) is -2.26. The van der Waals surface area contributed by atoms with Gasteiger partial charge in [-0.2, -0.15) is 4.89 Å². The Bertz CT molecular complexity index is 312. The van der Waals surface area contributed by atoms with Crippen LogP contribution < -0.4 is 5.30 Å². The second-order valence-electron chi connectivity index (χ2n) is 2.40. The number of benzene rings is 1. The lowest BCUT2D eigenvalue weighted by Crippen LogP contribution is -1.96. The molecule has 12 heavy (non-hydrogen) atoms. The Kier molecular flexibility index (Phi) is 3.21. The molecule has 0 heterocycles. The van der Waals surface area contributed by atoms with Crippen LogP contribution in [0.3, 0.4) is 0 Å². The lowest BCUT2D eigenvalue weighted by molar-refractivity contribution is 0.513. The maximum atomic E-state index is 10.6. The Labute approximate surface area is 77.1 Å². The molecule has 1 unspecified atom stereocenters. The van der Waals surface area contributed by atoms with Crippen LogP contribution in [0, 0.1) is 0 Å². The standard InChI is InChI=1S/C8H8ClO2P/c1-2-6-3-4-7(12(10)11)5-8(6)9/h3-5H,2H2,1H3/p+1. The maximum Gasteiger partial charge on any atom is 0.546 e. The van der Waals surface area contributed by atoms with Gasteiger partial charge in [-0.15, -0.1) is 0 Å². The van der Waals surface area contributed by atoms with Crippen LogP contribution in [0.2, 0.25) is 5.02 Å². The molecule has 0 aliphatic rings. The van der Waals surface area contributed by atoms with E-state index in [1.54, 1.807) is 18.2 Å². The molecule has 1 N–H and O–H groups in total. The van der Waals surface area contributed by atoms with Gasteiger partial charge >= 0.3 is 8.03 Å². The van der Waals surface area contributed by atoms with Crippen molar-refractivity contribution in [3.63, 3.8) is 0 Å². The predicted molar refractivity (Wildman–Crippen MR) is 50.3 cm³/mol. The third-order valence-corrected chi connectivity index (χ3v) is 2.71. The second-order valence-corrected chi connectivity index (χ2v) is 3.87. The van der Waals surface area contributed by atoms with Gasteiger partial charge in [0, 0.05) is 11.1 Å². The number of halogens is 1. The Morgan fingerprint density at radius 2 is 2.25 bits per heavy atom. The molecule has 64 valence electrons. The van der Waals surface area contributed by atoms with Gasteiger partial charge in [-0.3, -0.25) is 0 Å². The summed E-state index contributed by atoms with van der Waals surface area (Å²) in [5, 5.41) is 0.944. The quantitative estimate of drug-likeness (QED) is 0.749. The third kappa shape index (κ3) is 2.04. The average molecular weight is 204 g/mol. The number of rotatable bonds is 2. The molecule has 1 aromatic carbocycles. The molecule has 1 atom stereocenters. The topological polar surface area (TPSA) is 37.3 Å². The van der Waals surface area contributed by atoms with Gasteiger partial charge in [-0.25, -0.2) is 0 Å². The van der Waals surface area contributed by atoms with Gasteiger partial charge in [0.1, 0.15) is 0 Å². The fraction of sp³-hybridized carbons (Fsp3) is 0.250. The molecular weight excluding hydrogens is 195 g/mol. The van der Waals surface area contributed by atoms with E-state index in [1.165, 1.54) is 0 Å². The van der Waals surface area contributed by atoms with Crippen LogP contribution in [-0.4, -0.2) is 4.89 Å². The molecule has 0 aromatic heterocycles. The van der Waals surface area contributed by atoms with Crippen molar-refractivity contribution in [2.45, 2.75) is 13.3 Å². The summed E-state index contributed by atoms with van der Waals surface area (Å²) in [6, 6.07) is 4.95. The van der Waals surface area contributed by atoms with Crippen LogP contribution in [0.4, 0.5) is 0 Å². The molecule has 2 nitrogen and oxygen atoms in total. The Balaban J connectivity index is 3.10. The van der Waals surface area contributed by atoms with E-state index in [0.29, 0.717) is 10.3 Å². The fourth-order valence-electron chi connectivity index (χ4n) is 0.942. The molecule has 0 saturated heterocycles. The normalized spacial score (nSPS) is 11.4. The summed E-state index contributed by atoms with van der Waals surface area (Å²) >= 11 is 5.83. The summed E-state index contributed by atoms with van der Waals surface area (Å²) in [4.78, 5) is 8.76. The lowest BCUT2D eigenvalue weighted by atomic mass is 10.2. The van der Waals surface area contributed by atoms with Gasteiger partial charge < -0.3 is 0 Å². The van der Waals surface area contributed by atoms with Gasteiger partial charge in [0.05, 0.1) is 0 Å². The van der Waals surface area contributed by atoms with Gasteiger partial charge in [0.25, 0.3) is 0 Å². The minimum atomic E-state index is -2.26. The predicted octanol–water partition coefficient (Wildman–Crippen LogP) is 2.26. The van der Waals surface area contributed by atoms with Crippen LogP contribution in [-0.2, 0) is 11.0 Å². The Morgan fingerprint density at radius 3 is 2.67 bits per heavy atom. The van der Waals surface area contributed by atoms with Gasteiger partial charge in [0.15, 0.2) is 0 Å². The molecule has 1 aromatic rings. The first-order valence-corrected chi connectivity index (χ1v) is 5.18. The zero-order chi connectivity index (χ0) is 9.14. The molecule has 1 rings (SSSR count). The van der Waals surface area contributed by atoms with E-state index in [9.17, 15) is 4.57 Å². The molecule has 0 radical (unpaired) electrons. The van der Waals surface area contributed by atoms with E-state index in [2.05, 4.69) is 0 Å². The van der Waals surface area contributed by atoms with E-state index in [1.807, 2.05) is 6.92 Å². The van der Waals surface area contributed by atoms with Crippen molar-refractivity contribution in [2.24, 2.45) is 0 Å². The molecule has 0 saturated carbocycles. The highest BCUT2D eigenvalue weighted by molar-refractivity contribution is 7.47. The van der Waals surface area contributed by atoms with Crippen molar-refractivity contribution in [2.75, 3.05) is 0 Å². The number of aryl methyl sites for hydroxylation is 1. The van der Waals surface area contributed by atoms with Crippen molar-refractivity contribution in [3.8, 4) is 0 Å². The Hall–Kier alpha value is -0.430. The maximum absolute atomic E-state index is 10.6. The van der Waals surface area contributed by atoms with E-state index < -0.39 is 8.03 Å². The van der Waals surface area contributed by atoms with Crippen molar-refractivity contribution in [1.82, 2.24) is 0 Å². The minimum absolute atomic E-state index is 0.382. The smallest absolute Gasteiger partial charge is 0.156 e. The minimum Gasteiger partial charge on any atom is -0.156 e. The van der Waals surface area contributed by atoms with E-state index >= 15 is 0 Å². The molecule has 0 bridgehead atoms. The summed E-state index contributed by atoms with van der Waals surface area (Å²) in [5.74, 6) is 0. The first kappa shape index (κ1) is 9.66. The molecule has 0 amide bonds. The van der Waals surface area contributed by atoms with Crippen LogP contribution in [0.5, 0.6) is 0 Å². The first-order valence-electron chi connectivity index (χ1n) is 3.59. The van der Waals surface area contributed by atoms with Crippen LogP contribution in [0.1, 0.15) is 12.5 Å². The van der Waals surface area contributed by atoms with Crippen molar-refractivity contribution < 1.29 is 9.46 Å². The largest absolute Gasteiger partial charge is 0.546 e. The Morgan fingerprint density at radius 1 is 1.58 bits per heavy atom. The second kappa shape index (κ2) is 3.99. The number of hydrogen-bond donors (Lipinski definition) is 1. The molecule has 0 aliphatic heterocycles. The SMILES string of the molecule is CCc1ccc([P+](=O)O)cc1Cl. The highest BCUT2D eigenvalue weighted by atomic mass is 35.5. The lowest BCUT2D eigenvalue weighted by Gasteiger charge is -1.97. The zero-order valence-electron chi connectivity index (χ0n) is 6.62. The van der Waals surface area contributed by atoms with Crippen molar-refractivity contribution >= 4 is 24.9 Å². The highest BCUT2D eigenvalue weighted by Crippen LogP contribution is 2.20. The monoisotopic (exact) mass is 203 g/mol. The summed E-state index contributed by atoms with van der Waals surface area (Å²) in [6.45, 7) is 1.99. The van der Waals surface area contributed by atoms with Crippen LogP contribution in [0.25, 0.3) is 0 Å². The van der Waals surface area contributed by atoms with Crippen LogP contribution >= 0.6 is 19.6 Å². The summed E-state index contributed by atoms with van der Waals surface area (Å²) < 4.78 is 10.6. The van der Waals surface area contributed by atoms with Crippen molar-refractivity contribution in [1.29, 1.82) is 0 Å².